The zero-order valence-corrected chi connectivity index (χ0v) is 16.3. The highest BCUT2D eigenvalue weighted by molar-refractivity contribution is 5.85. The number of piperidine rings is 1. The molecule has 1 amide bonds. The van der Waals surface area contributed by atoms with Gasteiger partial charge in [-0.3, -0.25) is 4.79 Å². The molecule has 0 aromatic heterocycles. The molecule has 25 heavy (non-hydrogen) atoms. The first kappa shape index (κ1) is 21.9. The summed E-state index contributed by atoms with van der Waals surface area (Å²) in [7, 11) is 1.71. The first-order valence-corrected chi connectivity index (χ1v) is 8.64. The Balaban J connectivity index is 0.00000156. The van der Waals surface area contributed by atoms with Crippen LogP contribution in [0, 0.1) is 11.8 Å². The highest BCUT2D eigenvalue weighted by Gasteiger charge is 2.26. The zero-order valence-electron chi connectivity index (χ0n) is 14.7. The molecule has 2 unspecified atom stereocenters. The number of carbonyl (C=O) groups excluding carboxylic acids is 1. The monoisotopic (exact) mass is 389 g/mol. The molecule has 5 nitrogen and oxygen atoms in total. The van der Waals surface area contributed by atoms with E-state index in [1.807, 2.05) is 18.2 Å². The van der Waals surface area contributed by atoms with Gasteiger partial charge in [-0.15, -0.1) is 24.8 Å². The summed E-state index contributed by atoms with van der Waals surface area (Å²) >= 11 is 0. The van der Waals surface area contributed by atoms with Gasteiger partial charge in [0.05, 0.1) is 18.7 Å². The second-order valence-electron chi connectivity index (χ2n) is 6.56. The number of nitrogens with one attached hydrogen (secondary N) is 2. The summed E-state index contributed by atoms with van der Waals surface area (Å²) in [5, 5.41) is 6.46. The lowest BCUT2D eigenvalue weighted by Crippen LogP contribution is -2.42. The summed E-state index contributed by atoms with van der Waals surface area (Å²) in [6.45, 7) is 4.64. The third-order valence-corrected chi connectivity index (χ3v) is 4.94. The summed E-state index contributed by atoms with van der Waals surface area (Å²) in [4.78, 5) is 14.6. The molecule has 2 fully saturated rings. The molecule has 0 saturated carbocycles. The Labute approximate surface area is 162 Å². The van der Waals surface area contributed by atoms with Gasteiger partial charge in [0.15, 0.2) is 0 Å². The quantitative estimate of drug-likeness (QED) is 0.811. The molecule has 2 N–H and O–H groups in total. The lowest BCUT2D eigenvalue weighted by molar-refractivity contribution is -0.125. The first-order valence-electron chi connectivity index (χ1n) is 8.64. The van der Waals surface area contributed by atoms with E-state index in [-0.39, 0.29) is 36.6 Å². The fourth-order valence-corrected chi connectivity index (χ4v) is 3.57. The predicted molar refractivity (Wildman–Crippen MR) is 106 cm³/mol. The fraction of sp³-hybridized carbons (Fsp3) is 0.611. The number of benzene rings is 1. The van der Waals surface area contributed by atoms with Crippen molar-refractivity contribution in [2.45, 2.75) is 19.3 Å². The fourth-order valence-electron chi connectivity index (χ4n) is 3.57. The molecule has 2 aliphatic rings. The maximum Gasteiger partial charge on any atom is 0.224 e. The highest BCUT2D eigenvalue weighted by atomic mass is 35.5. The molecule has 2 atom stereocenters. The number of para-hydroxylation sites is 2. The maximum atomic E-state index is 12.2. The molecule has 0 radical (unpaired) electrons. The number of amides is 1. The van der Waals surface area contributed by atoms with Gasteiger partial charge in [-0.2, -0.15) is 0 Å². The van der Waals surface area contributed by atoms with Gasteiger partial charge >= 0.3 is 0 Å². The van der Waals surface area contributed by atoms with E-state index in [1.54, 1.807) is 7.11 Å². The van der Waals surface area contributed by atoms with E-state index in [0.717, 1.165) is 63.4 Å². The van der Waals surface area contributed by atoms with E-state index < -0.39 is 0 Å². The summed E-state index contributed by atoms with van der Waals surface area (Å²) in [5.41, 5.74) is 1.15. The van der Waals surface area contributed by atoms with E-state index in [2.05, 4.69) is 21.6 Å². The third-order valence-electron chi connectivity index (χ3n) is 4.94. The number of hydrogen-bond acceptors (Lipinski definition) is 4. The lowest BCUT2D eigenvalue weighted by Gasteiger charge is -2.23. The average Bonchev–Trinajstić information content (AvgIpc) is 3.09. The molecule has 1 aromatic carbocycles. The van der Waals surface area contributed by atoms with E-state index in [0.29, 0.717) is 5.92 Å². The van der Waals surface area contributed by atoms with Crippen molar-refractivity contribution < 1.29 is 9.53 Å². The van der Waals surface area contributed by atoms with Crippen LogP contribution in [0.4, 0.5) is 5.69 Å². The molecule has 0 spiro atoms. The first-order chi connectivity index (χ1) is 11.3. The topological polar surface area (TPSA) is 53.6 Å². The second-order valence-corrected chi connectivity index (χ2v) is 6.56. The summed E-state index contributed by atoms with van der Waals surface area (Å²) in [6, 6.07) is 8.14. The van der Waals surface area contributed by atoms with E-state index in [4.69, 9.17) is 4.74 Å². The molecule has 3 rings (SSSR count). The normalized spacial score (nSPS) is 22.5. The molecular weight excluding hydrogens is 361 g/mol. The van der Waals surface area contributed by atoms with Crippen LogP contribution in [-0.2, 0) is 4.79 Å². The number of ether oxygens (including phenoxy) is 1. The lowest BCUT2D eigenvalue weighted by atomic mass is 9.98. The zero-order chi connectivity index (χ0) is 16.1. The molecule has 7 heteroatoms. The second kappa shape index (κ2) is 10.7. The Hall–Kier alpha value is -1.17. The minimum atomic E-state index is 0. The summed E-state index contributed by atoms with van der Waals surface area (Å²) in [6.07, 6.45) is 3.22. The predicted octanol–water partition coefficient (Wildman–Crippen LogP) is 2.48. The van der Waals surface area contributed by atoms with Crippen LogP contribution in [0.25, 0.3) is 0 Å². The van der Waals surface area contributed by atoms with Crippen LogP contribution < -0.4 is 20.3 Å². The standard InChI is InChI=1S/C18H27N3O2.2ClH/c1-23-17-7-3-2-6-16(17)21-10-8-14(13-21)11-20-18(22)15-5-4-9-19-12-15;;/h2-3,6-7,14-15,19H,4-5,8-13H2,1H3,(H,20,22);2*1H. The van der Waals surface area contributed by atoms with Crippen LogP contribution in [0.15, 0.2) is 24.3 Å². The van der Waals surface area contributed by atoms with Crippen LogP contribution in [0.2, 0.25) is 0 Å². The number of halogens is 2. The van der Waals surface area contributed by atoms with Crippen LogP contribution in [0.3, 0.4) is 0 Å². The van der Waals surface area contributed by atoms with Gasteiger partial charge in [-0.1, -0.05) is 12.1 Å². The number of nitrogens with zero attached hydrogens (tertiary/aromatic N) is 1. The van der Waals surface area contributed by atoms with E-state index in [9.17, 15) is 4.79 Å². The average molecular weight is 390 g/mol. The van der Waals surface area contributed by atoms with Crippen molar-refractivity contribution in [2.24, 2.45) is 11.8 Å². The van der Waals surface area contributed by atoms with Crippen LogP contribution in [-0.4, -0.2) is 45.7 Å². The van der Waals surface area contributed by atoms with Crippen molar-refractivity contribution in [3.8, 4) is 5.75 Å². The molecule has 0 bridgehead atoms. The minimum absolute atomic E-state index is 0. The smallest absolute Gasteiger partial charge is 0.224 e. The molecule has 0 aliphatic carbocycles. The van der Waals surface area contributed by atoms with Crippen LogP contribution in [0.1, 0.15) is 19.3 Å². The number of anilines is 1. The van der Waals surface area contributed by atoms with Crippen molar-refractivity contribution in [1.82, 2.24) is 10.6 Å². The van der Waals surface area contributed by atoms with Crippen LogP contribution in [0.5, 0.6) is 5.75 Å². The van der Waals surface area contributed by atoms with Gasteiger partial charge in [0.25, 0.3) is 0 Å². The molecule has 2 aliphatic heterocycles. The van der Waals surface area contributed by atoms with Gasteiger partial charge in [0, 0.05) is 26.2 Å². The van der Waals surface area contributed by atoms with Crippen molar-refractivity contribution in [2.75, 3.05) is 44.7 Å². The number of carbonyl (C=O) groups is 1. The van der Waals surface area contributed by atoms with Gasteiger partial charge in [-0.25, -0.2) is 0 Å². The Morgan fingerprint density at radius 2 is 2.12 bits per heavy atom. The van der Waals surface area contributed by atoms with Crippen molar-refractivity contribution in [1.29, 1.82) is 0 Å². The van der Waals surface area contributed by atoms with E-state index >= 15 is 0 Å². The Morgan fingerprint density at radius 1 is 1.32 bits per heavy atom. The Bertz CT molecular complexity index is 539. The Morgan fingerprint density at radius 3 is 2.84 bits per heavy atom. The summed E-state index contributed by atoms with van der Waals surface area (Å²) in [5.74, 6) is 1.80. The van der Waals surface area contributed by atoms with Crippen molar-refractivity contribution in [3.05, 3.63) is 24.3 Å². The third kappa shape index (κ3) is 5.66. The Kier molecular flexibility index (Phi) is 9.39. The molecule has 2 heterocycles. The summed E-state index contributed by atoms with van der Waals surface area (Å²) < 4.78 is 5.45. The molecule has 2 saturated heterocycles. The SMILES string of the molecule is COc1ccccc1N1CCC(CNC(=O)C2CCCNC2)C1.Cl.Cl. The molecular formula is C18H29Cl2N3O2. The van der Waals surface area contributed by atoms with E-state index in [1.165, 1.54) is 0 Å². The number of methoxy groups -OCH3 is 1. The van der Waals surface area contributed by atoms with Gasteiger partial charge < -0.3 is 20.3 Å². The maximum absolute atomic E-state index is 12.2. The van der Waals surface area contributed by atoms with Gasteiger partial charge in [0.2, 0.25) is 5.91 Å². The highest BCUT2D eigenvalue weighted by Crippen LogP contribution is 2.31. The van der Waals surface area contributed by atoms with Gasteiger partial charge in [-0.05, 0) is 43.9 Å². The minimum Gasteiger partial charge on any atom is -0.495 e. The largest absolute Gasteiger partial charge is 0.495 e. The van der Waals surface area contributed by atoms with Crippen molar-refractivity contribution >= 4 is 36.4 Å². The number of rotatable bonds is 5. The number of hydrogen-bond donors (Lipinski definition) is 2. The van der Waals surface area contributed by atoms with Crippen molar-refractivity contribution in [3.63, 3.8) is 0 Å². The molecule has 142 valence electrons. The molecule has 1 aromatic rings. The van der Waals surface area contributed by atoms with Crippen LogP contribution >= 0.6 is 24.8 Å². The van der Waals surface area contributed by atoms with Gasteiger partial charge in [0.1, 0.15) is 5.75 Å².